The van der Waals surface area contributed by atoms with Gasteiger partial charge in [-0.05, 0) is 12.1 Å². The molecule has 1 saturated heterocycles. The van der Waals surface area contributed by atoms with Crippen LogP contribution in [0.2, 0.25) is 5.02 Å². The van der Waals surface area contributed by atoms with E-state index in [9.17, 15) is 9.90 Å². The number of benzene rings is 1. The number of carbonyl (C=O) groups is 1. The van der Waals surface area contributed by atoms with Crippen molar-refractivity contribution in [3.05, 3.63) is 29.3 Å². The molecule has 20 heavy (non-hydrogen) atoms. The van der Waals surface area contributed by atoms with E-state index in [-0.39, 0.29) is 30.8 Å². The Morgan fingerprint density at radius 2 is 2.20 bits per heavy atom. The molecule has 0 saturated carbocycles. The monoisotopic (exact) mass is 320 g/mol. The van der Waals surface area contributed by atoms with Crippen LogP contribution in [0.4, 0.5) is 0 Å². The minimum absolute atomic E-state index is 0. The number of para-hydroxylation sites is 1. The Kier molecular flexibility index (Phi) is 7.09. The standard InChI is InChI=1S/C13H17ClN2O3.ClH/c14-10-3-1-2-4-12(10)19-8-13(18)16-6-9-5-15-7-11(9)17;/h1-4,9,11,15,17H,5-8H2,(H,16,18);1H. The highest BCUT2D eigenvalue weighted by molar-refractivity contribution is 6.32. The van der Waals surface area contributed by atoms with Crippen LogP contribution in [0.15, 0.2) is 24.3 Å². The number of carbonyl (C=O) groups excluding carboxylic acids is 1. The molecule has 0 spiro atoms. The van der Waals surface area contributed by atoms with Crippen molar-refractivity contribution in [2.24, 2.45) is 5.92 Å². The number of aliphatic hydroxyl groups excluding tert-OH is 1. The highest BCUT2D eigenvalue weighted by Crippen LogP contribution is 2.22. The molecule has 0 aliphatic carbocycles. The summed E-state index contributed by atoms with van der Waals surface area (Å²) in [6, 6.07) is 7.00. The fourth-order valence-electron chi connectivity index (χ4n) is 1.93. The molecule has 1 heterocycles. The molecule has 2 rings (SSSR count). The molecule has 1 aromatic rings. The molecule has 2 unspecified atom stereocenters. The first-order chi connectivity index (χ1) is 9.16. The molecular formula is C13H18Cl2N2O3. The van der Waals surface area contributed by atoms with Crippen molar-refractivity contribution < 1.29 is 14.6 Å². The second-order valence-electron chi connectivity index (χ2n) is 4.51. The van der Waals surface area contributed by atoms with Gasteiger partial charge in [0.2, 0.25) is 0 Å². The van der Waals surface area contributed by atoms with Crippen molar-refractivity contribution in [3.63, 3.8) is 0 Å². The molecule has 1 fully saturated rings. The first kappa shape index (κ1) is 17.0. The lowest BCUT2D eigenvalue weighted by Crippen LogP contribution is -2.36. The lowest BCUT2D eigenvalue weighted by Gasteiger charge is -2.14. The molecule has 1 aliphatic heterocycles. The largest absolute Gasteiger partial charge is 0.482 e. The predicted molar refractivity (Wildman–Crippen MR) is 79.6 cm³/mol. The molecule has 0 aromatic heterocycles. The Labute approximate surface area is 129 Å². The first-order valence-corrected chi connectivity index (χ1v) is 6.57. The summed E-state index contributed by atoms with van der Waals surface area (Å²) >= 11 is 5.91. The Balaban J connectivity index is 0.00000200. The normalized spacial score (nSPS) is 21.1. The Bertz CT molecular complexity index is 445. The van der Waals surface area contributed by atoms with Crippen molar-refractivity contribution >= 4 is 29.9 Å². The van der Waals surface area contributed by atoms with E-state index in [4.69, 9.17) is 16.3 Å². The van der Waals surface area contributed by atoms with Crippen LogP contribution in [0.5, 0.6) is 5.75 Å². The fraction of sp³-hybridized carbons (Fsp3) is 0.462. The van der Waals surface area contributed by atoms with Gasteiger partial charge in [0.1, 0.15) is 5.75 Å². The van der Waals surface area contributed by atoms with E-state index >= 15 is 0 Å². The second kappa shape index (κ2) is 8.32. The number of amides is 1. The molecular weight excluding hydrogens is 303 g/mol. The van der Waals surface area contributed by atoms with Crippen LogP contribution in [0.1, 0.15) is 0 Å². The highest BCUT2D eigenvalue weighted by Gasteiger charge is 2.24. The lowest BCUT2D eigenvalue weighted by molar-refractivity contribution is -0.123. The number of ether oxygens (including phenoxy) is 1. The van der Waals surface area contributed by atoms with Gasteiger partial charge in [0.25, 0.3) is 5.91 Å². The Morgan fingerprint density at radius 1 is 1.45 bits per heavy atom. The van der Waals surface area contributed by atoms with Gasteiger partial charge >= 0.3 is 0 Å². The van der Waals surface area contributed by atoms with Gasteiger partial charge in [-0.2, -0.15) is 0 Å². The maximum atomic E-state index is 11.6. The van der Waals surface area contributed by atoms with Gasteiger partial charge < -0.3 is 20.5 Å². The van der Waals surface area contributed by atoms with Crippen molar-refractivity contribution in [1.29, 1.82) is 0 Å². The van der Waals surface area contributed by atoms with Crippen LogP contribution < -0.4 is 15.4 Å². The number of nitrogens with one attached hydrogen (secondary N) is 2. The molecule has 1 aromatic carbocycles. The van der Waals surface area contributed by atoms with E-state index in [1.54, 1.807) is 24.3 Å². The third-order valence-electron chi connectivity index (χ3n) is 3.06. The molecule has 1 aliphatic rings. The summed E-state index contributed by atoms with van der Waals surface area (Å²) in [6.07, 6.45) is -0.398. The van der Waals surface area contributed by atoms with Crippen LogP contribution in [-0.2, 0) is 4.79 Å². The number of β-amino-alcohol motifs (C(OH)–C–C–N with tert-alkyl or cyclic N) is 1. The lowest BCUT2D eigenvalue weighted by atomic mass is 10.1. The van der Waals surface area contributed by atoms with Crippen molar-refractivity contribution in [2.45, 2.75) is 6.10 Å². The number of halogens is 2. The van der Waals surface area contributed by atoms with E-state index in [1.165, 1.54) is 0 Å². The predicted octanol–water partition coefficient (Wildman–Crippen LogP) is 0.837. The summed E-state index contributed by atoms with van der Waals surface area (Å²) < 4.78 is 5.32. The van der Waals surface area contributed by atoms with Gasteiger partial charge in [-0.1, -0.05) is 23.7 Å². The van der Waals surface area contributed by atoms with Gasteiger partial charge in [0, 0.05) is 25.6 Å². The number of hydrogen-bond donors (Lipinski definition) is 3. The zero-order valence-electron chi connectivity index (χ0n) is 10.8. The smallest absolute Gasteiger partial charge is 0.257 e. The summed E-state index contributed by atoms with van der Waals surface area (Å²) in [5.41, 5.74) is 0. The summed E-state index contributed by atoms with van der Waals surface area (Å²) in [5, 5.41) is 15.9. The van der Waals surface area contributed by atoms with E-state index in [2.05, 4.69) is 10.6 Å². The quantitative estimate of drug-likeness (QED) is 0.752. The maximum Gasteiger partial charge on any atom is 0.257 e. The third-order valence-corrected chi connectivity index (χ3v) is 3.37. The highest BCUT2D eigenvalue weighted by atomic mass is 35.5. The number of rotatable bonds is 5. The van der Waals surface area contributed by atoms with Crippen LogP contribution in [-0.4, -0.2) is 43.4 Å². The molecule has 7 heteroatoms. The number of aliphatic hydroxyl groups is 1. The van der Waals surface area contributed by atoms with Crippen molar-refractivity contribution in [1.82, 2.24) is 10.6 Å². The molecule has 0 bridgehead atoms. The Hall–Kier alpha value is -1.01. The second-order valence-corrected chi connectivity index (χ2v) is 4.92. The van der Waals surface area contributed by atoms with Gasteiger partial charge in [0.15, 0.2) is 6.61 Å². The van der Waals surface area contributed by atoms with Crippen LogP contribution in [0, 0.1) is 5.92 Å². The van der Waals surface area contributed by atoms with Crippen molar-refractivity contribution in [3.8, 4) is 5.75 Å². The molecule has 112 valence electrons. The molecule has 3 N–H and O–H groups in total. The minimum Gasteiger partial charge on any atom is -0.482 e. The SMILES string of the molecule is Cl.O=C(COc1ccccc1Cl)NCC1CNCC1O. The van der Waals surface area contributed by atoms with E-state index in [0.29, 0.717) is 30.4 Å². The topological polar surface area (TPSA) is 70.6 Å². The van der Waals surface area contributed by atoms with E-state index in [1.807, 2.05) is 0 Å². The van der Waals surface area contributed by atoms with Gasteiger partial charge in [-0.25, -0.2) is 0 Å². The summed E-state index contributed by atoms with van der Waals surface area (Å²) in [4.78, 5) is 11.6. The van der Waals surface area contributed by atoms with Gasteiger partial charge in [-0.15, -0.1) is 12.4 Å². The van der Waals surface area contributed by atoms with Crippen LogP contribution in [0.3, 0.4) is 0 Å². The molecule has 5 nitrogen and oxygen atoms in total. The van der Waals surface area contributed by atoms with Crippen molar-refractivity contribution in [2.75, 3.05) is 26.2 Å². The molecule has 2 atom stereocenters. The molecule has 0 radical (unpaired) electrons. The number of hydrogen-bond acceptors (Lipinski definition) is 4. The van der Waals surface area contributed by atoms with E-state index in [0.717, 1.165) is 0 Å². The third kappa shape index (κ3) is 4.83. The zero-order chi connectivity index (χ0) is 13.7. The average Bonchev–Trinajstić information content (AvgIpc) is 2.81. The van der Waals surface area contributed by atoms with Gasteiger partial charge in [0.05, 0.1) is 11.1 Å². The molecule has 1 amide bonds. The van der Waals surface area contributed by atoms with Crippen LogP contribution in [0.25, 0.3) is 0 Å². The summed E-state index contributed by atoms with van der Waals surface area (Å²) in [6.45, 7) is 1.66. The van der Waals surface area contributed by atoms with E-state index < -0.39 is 6.10 Å². The summed E-state index contributed by atoms with van der Waals surface area (Å²) in [5.74, 6) is 0.324. The van der Waals surface area contributed by atoms with Gasteiger partial charge in [-0.3, -0.25) is 4.79 Å². The Morgan fingerprint density at radius 3 is 2.85 bits per heavy atom. The first-order valence-electron chi connectivity index (χ1n) is 6.19. The average molecular weight is 321 g/mol. The summed E-state index contributed by atoms with van der Waals surface area (Å²) in [7, 11) is 0. The minimum atomic E-state index is -0.398. The fourth-order valence-corrected chi connectivity index (χ4v) is 2.12. The van der Waals surface area contributed by atoms with Crippen LogP contribution >= 0.6 is 24.0 Å². The zero-order valence-corrected chi connectivity index (χ0v) is 12.4. The maximum absolute atomic E-state index is 11.6.